The van der Waals surface area contributed by atoms with Crippen molar-refractivity contribution in [1.82, 2.24) is 10.9 Å². The first-order chi connectivity index (χ1) is 11.1. The van der Waals surface area contributed by atoms with Crippen LogP contribution in [0.15, 0.2) is 46.3 Å². The molecule has 8 heteroatoms. The van der Waals surface area contributed by atoms with Gasteiger partial charge in [0.2, 0.25) is 0 Å². The van der Waals surface area contributed by atoms with Crippen molar-refractivity contribution in [3.8, 4) is 0 Å². The van der Waals surface area contributed by atoms with E-state index in [2.05, 4.69) is 26.8 Å². The Labute approximate surface area is 144 Å². The van der Waals surface area contributed by atoms with Crippen molar-refractivity contribution in [3.63, 3.8) is 0 Å². The van der Waals surface area contributed by atoms with Crippen molar-refractivity contribution in [3.05, 3.63) is 56.7 Å². The van der Waals surface area contributed by atoms with Crippen LogP contribution in [-0.4, -0.2) is 24.4 Å². The molecule has 23 heavy (non-hydrogen) atoms. The fraction of sp³-hybridized carbons (Fsp3) is 0.133. The number of rotatable bonds is 5. The van der Waals surface area contributed by atoms with E-state index in [0.29, 0.717) is 10.0 Å². The molecular weight excluding hydrogens is 384 g/mol. The van der Waals surface area contributed by atoms with Crippen LogP contribution in [0.4, 0.5) is 0 Å². The number of hydrogen-bond donors (Lipinski definition) is 2. The number of ether oxygens (including phenoxy) is 1. The second-order valence-corrected chi connectivity index (χ2v) is 6.29. The summed E-state index contributed by atoms with van der Waals surface area (Å²) in [5.74, 6) is -1.60. The normalized spacial score (nSPS) is 9.96. The van der Waals surface area contributed by atoms with Crippen LogP contribution < -0.4 is 10.9 Å². The summed E-state index contributed by atoms with van der Waals surface area (Å²) < 4.78 is 5.44. The minimum atomic E-state index is -0.620. The Morgan fingerprint density at radius 2 is 1.87 bits per heavy atom. The van der Waals surface area contributed by atoms with E-state index in [1.807, 2.05) is 17.5 Å². The third-order valence-corrected chi connectivity index (χ3v) is 4.26. The van der Waals surface area contributed by atoms with Crippen LogP contribution in [0.2, 0.25) is 0 Å². The molecule has 2 N–H and O–H groups in total. The number of carbonyl (C=O) groups is 3. The second-order valence-electron chi connectivity index (χ2n) is 4.40. The average Bonchev–Trinajstić information content (AvgIpc) is 3.04. The van der Waals surface area contributed by atoms with Crippen LogP contribution in [0.1, 0.15) is 15.2 Å². The van der Waals surface area contributed by atoms with Gasteiger partial charge < -0.3 is 4.74 Å². The Balaban J connectivity index is 1.72. The van der Waals surface area contributed by atoms with Gasteiger partial charge in [0.25, 0.3) is 11.8 Å². The van der Waals surface area contributed by atoms with E-state index in [4.69, 9.17) is 4.74 Å². The molecule has 0 unspecified atom stereocenters. The maximum Gasteiger partial charge on any atom is 0.311 e. The molecule has 0 fully saturated rings. The molecule has 0 spiro atoms. The predicted octanol–water partition coefficient (Wildman–Crippen LogP) is 2.06. The molecule has 0 aliphatic rings. The molecule has 0 aliphatic heterocycles. The van der Waals surface area contributed by atoms with Gasteiger partial charge in [0.1, 0.15) is 0 Å². The van der Waals surface area contributed by atoms with Gasteiger partial charge in [-0.25, -0.2) is 0 Å². The molecule has 120 valence electrons. The molecule has 0 atom stereocenters. The minimum absolute atomic E-state index is 0.119. The number of carbonyl (C=O) groups excluding carboxylic acids is 3. The summed E-state index contributed by atoms with van der Waals surface area (Å²) in [7, 11) is 0. The Kier molecular flexibility index (Phi) is 6.30. The maximum absolute atomic E-state index is 11.9. The van der Waals surface area contributed by atoms with Gasteiger partial charge in [0.05, 0.1) is 12.0 Å². The summed E-state index contributed by atoms with van der Waals surface area (Å²) in [6.45, 7) is -0.458. The van der Waals surface area contributed by atoms with E-state index in [-0.39, 0.29) is 6.42 Å². The lowest BCUT2D eigenvalue weighted by Gasteiger charge is -2.08. The average molecular weight is 397 g/mol. The third kappa shape index (κ3) is 5.50. The lowest BCUT2D eigenvalue weighted by atomic mass is 10.2. The van der Waals surface area contributed by atoms with Crippen molar-refractivity contribution < 1.29 is 19.1 Å². The van der Waals surface area contributed by atoms with Crippen LogP contribution in [0.25, 0.3) is 0 Å². The molecule has 1 aromatic carbocycles. The molecule has 6 nitrogen and oxygen atoms in total. The van der Waals surface area contributed by atoms with E-state index < -0.39 is 24.4 Å². The van der Waals surface area contributed by atoms with Crippen molar-refractivity contribution in [2.45, 2.75) is 6.42 Å². The fourth-order valence-corrected chi connectivity index (χ4v) is 2.78. The molecule has 0 bridgehead atoms. The number of nitrogens with one attached hydrogen (secondary N) is 2. The van der Waals surface area contributed by atoms with Crippen LogP contribution in [0, 0.1) is 0 Å². The first-order valence-electron chi connectivity index (χ1n) is 6.58. The van der Waals surface area contributed by atoms with E-state index in [9.17, 15) is 14.4 Å². The lowest BCUT2D eigenvalue weighted by molar-refractivity contribution is -0.148. The molecule has 2 aromatic rings. The summed E-state index contributed by atoms with van der Waals surface area (Å²) in [5, 5.41) is 1.85. The van der Waals surface area contributed by atoms with Crippen LogP contribution in [0.3, 0.4) is 0 Å². The lowest BCUT2D eigenvalue weighted by Crippen LogP contribution is -2.43. The monoisotopic (exact) mass is 396 g/mol. The highest BCUT2D eigenvalue weighted by atomic mass is 79.9. The number of esters is 1. The molecule has 0 aliphatic carbocycles. The zero-order chi connectivity index (χ0) is 16.7. The fourth-order valence-electron chi connectivity index (χ4n) is 1.63. The highest BCUT2D eigenvalue weighted by molar-refractivity contribution is 9.10. The first-order valence-corrected chi connectivity index (χ1v) is 8.25. The van der Waals surface area contributed by atoms with Crippen molar-refractivity contribution in [2.75, 3.05) is 6.61 Å². The van der Waals surface area contributed by atoms with Crippen LogP contribution in [0.5, 0.6) is 0 Å². The summed E-state index contributed by atoms with van der Waals surface area (Å²) in [6.07, 6.45) is 0.119. The first kappa shape index (κ1) is 17.2. The van der Waals surface area contributed by atoms with Crippen molar-refractivity contribution in [2.24, 2.45) is 0 Å². The largest absolute Gasteiger partial charge is 0.455 e. The number of thiophene rings is 1. The second kappa shape index (κ2) is 8.44. The van der Waals surface area contributed by atoms with Crippen molar-refractivity contribution >= 4 is 45.1 Å². The van der Waals surface area contributed by atoms with Crippen molar-refractivity contribution in [1.29, 1.82) is 0 Å². The summed E-state index contributed by atoms with van der Waals surface area (Å²) in [5.41, 5.74) is 4.82. The number of hydrogen-bond acceptors (Lipinski definition) is 5. The van der Waals surface area contributed by atoms with E-state index in [0.717, 1.165) is 4.88 Å². The zero-order valence-electron chi connectivity index (χ0n) is 11.9. The number of benzene rings is 1. The van der Waals surface area contributed by atoms with E-state index in [1.54, 1.807) is 24.3 Å². The summed E-state index contributed by atoms with van der Waals surface area (Å²) >= 11 is 4.68. The number of amides is 2. The molecule has 0 saturated heterocycles. The quantitative estimate of drug-likeness (QED) is 0.598. The Hall–Kier alpha value is -2.19. The summed E-state index contributed by atoms with van der Waals surface area (Å²) in [6, 6.07) is 10.4. The van der Waals surface area contributed by atoms with E-state index >= 15 is 0 Å². The summed E-state index contributed by atoms with van der Waals surface area (Å²) in [4.78, 5) is 35.8. The highest BCUT2D eigenvalue weighted by Crippen LogP contribution is 2.15. The predicted molar refractivity (Wildman–Crippen MR) is 88.7 cm³/mol. The Bertz CT molecular complexity index is 703. The highest BCUT2D eigenvalue weighted by Gasteiger charge is 2.12. The van der Waals surface area contributed by atoms with Gasteiger partial charge in [-0.05, 0) is 39.5 Å². The minimum Gasteiger partial charge on any atom is -0.455 e. The van der Waals surface area contributed by atoms with Gasteiger partial charge >= 0.3 is 5.97 Å². The third-order valence-electron chi connectivity index (χ3n) is 2.70. The Morgan fingerprint density at radius 1 is 1.09 bits per heavy atom. The molecule has 0 radical (unpaired) electrons. The maximum atomic E-state index is 11.9. The number of hydrazine groups is 1. The van der Waals surface area contributed by atoms with Gasteiger partial charge in [0.15, 0.2) is 6.61 Å². The SMILES string of the molecule is O=C(COC(=O)Cc1cccs1)NNC(=O)c1ccccc1Br. The van der Waals surface area contributed by atoms with Gasteiger partial charge in [-0.15, -0.1) is 11.3 Å². The molecular formula is C15H13BrN2O4S. The molecule has 1 heterocycles. The van der Waals surface area contributed by atoms with Gasteiger partial charge in [0, 0.05) is 9.35 Å². The molecule has 2 rings (SSSR count). The van der Waals surface area contributed by atoms with Crippen LogP contribution >= 0.6 is 27.3 Å². The molecule has 1 aromatic heterocycles. The molecule has 0 saturated carbocycles. The zero-order valence-corrected chi connectivity index (χ0v) is 14.3. The standard InChI is InChI=1S/C15H13BrN2O4S/c16-12-6-2-1-5-11(12)15(21)18-17-13(19)9-22-14(20)8-10-4-3-7-23-10/h1-7H,8-9H2,(H,17,19)(H,18,21). The van der Waals surface area contributed by atoms with E-state index in [1.165, 1.54) is 11.3 Å². The Morgan fingerprint density at radius 3 is 2.57 bits per heavy atom. The van der Waals surface area contributed by atoms with Gasteiger partial charge in [-0.3, -0.25) is 25.2 Å². The molecule has 2 amide bonds. The van der Waals surface area contributed by atoms with Crippen LogP contribution in [-0.2, 0) is 20.7 Å². The smallest absolute Gasteiger partial charge is 0.311 e. The van der Waals surface area contributed by atoms with Gasteiger partial charge in [-0.2, -0.15) is 0 Å². The topological polar surface area (TPSA) is 84.5 Å². The number of halogens is 1. The van der Waals surface area contributed by atoms with Gasteiger partial charge in [-0.1, -0.05) is 18.2 Å².